The maximum atomic E-state index is 6.46. The van der Waals surface area contributed by atoms with Gasteiger partial charge in [-0.2, -0.15) is 0 Å². The lowest BCUT2D eigenvalue weighted by Crippen LogP contribution is -2.33. The third-order valence-electron chi connectivity index (χ3n) is 4.96. The fourth-order valence-corrected chi connectivity index (χ4v) is 3.80. The van der Waals surface area contributed by atoms with E-state index in [4.69, 9.17) is 10.5 Å². The number of fused-ring (bicyclic) bond motifs is 1. The fraction of sp³-hybridized carbons (Fsp3) is 0.444. The highest BCUT2D eigenvalue weighted by Crippen LogP contribution is 2.43. The Morgan fingerprint density at radius 3 is 2.52 bits per heavy atom. The van der Waals surface area contributed by atoms with Gasteiger partial charge in [-0.1, -0.05) is 30.3 Å². The molecule has 4 rings (SSSR count). The largest absolute Gasteiger partial charge is 0.496 e. The van der Waals surface area contributed by atoms with Crippen LogP contribution in [-0.2, 0) is 0 Å². The van der Waals surface area contributed by atoms with Gasteiger partial charge in [0.2, 0.25) is 0 Å². The van der Waals surface area contributed by atoms with Gasteiger partial charge in [0.1, 0.15) is 5.75 Å². The zero-order valence-electron chi connectivity index (χ0n) is 12.5. The van der Waals surface area contributed by atoms with Crippen LogP contribution in [0.4, 0.5) is 0 Å². The lowest BCUT2D eigenvalue weighted by atomic mass is 9.94. The molecule has 1 saturated carbocycles. The Hall–Kier alpha value is -1.58. The Morgan fingerprint density at radius 1 is 1.05 bits per heavy atom. The second kappa shape index (κ2) is 5.00. The van der Waals surface area contributed by atoms with Gasteiger partial charge in [0.15, 0.2) is 0 Å². The number of methoxy groups -OCH3 is 1. The molecule has 2 aromatic rings. The highest BCUT2D eigenvalue weighted by atomic mass is 16.5. The Kier molecular flexibility index (Phi) is 3.12. The number of rotatable bonds is 3. The van der Waals surface area contributed by atoms with E-state index in [0.29, 0.717) is 6.04 Å². The van der Waals surface area contributed by atoms with E-state index in [1.54, 1.807) is 7.11 Å². The molecule has 2 aromatic carbocycles. The average molecular weight is 282 g/mol. The van der Waals surface area contributed by atoms with Gasteiger partial charge < -0.3 is 10.5 Å². The van der Waals surface area contributed by atoms with Gasteiger partial charge >= 0.3 is 0 Å². The standard InChI is InChI=1S/C18H22N2O/c1-21-17-9-8-15(13-4-2-3-5-14(13)17)18-16(19)10-11-20(18)12-6-7-12/h2-5,8-9,12,16,18H,6-7,10-11,19H2,1H3. The highest BCUT2D eigenvalue weighted by Gasteiger charge is 2.41. The molecular weight excluding hydrogens is 260 g/mol. The first-order chi connectivity index (χ1) is 10.3. The van der Waals surface area contributed by atoms with Crippen molar-refractivity contribution in [3.05, 3.63) is 42.0 Å². The van der Waals surface area contributed by atoms with E-state index in [1.165, 1.54) is 29.2 Å². The van der Waals surface area contributed by atoms with Crippen molar-refractivity contribution in [3.8, 4) is 5.75 Å². The Bertz CT molecular complexity index is 665. The van der Waals surface area contributed by atoms with Crippen LogP contribution in [0.3, 0.4) is 0 Å². The van der Waals surface area contributed by atoms with Crippen LogP contribution in [0, 0.1) is 0 Å². The molecule has 3 heteroatoms. The number of nitrogens with zero attached hydrogens (tertiary/aromatic N) is 1. The lowest BCUT2D eigenvalue weighted by molar-refractivity contribution is 0.238. The van der Waals surface area contributed by atoms with Crippen LogP contribution in [0.5, 0.6) is 5.75 Å². The summed E-state index contributed by atoms with van der Waals surface area (Å²) in [4.78, 5) is 2.62. The molecule has 0 amide bonds. The molecule has 0 spiro atoms. The molecular formula is C18H22N2O. The summed E-state index contributed by atoms with van der Waals surface area (Å²) >= 11 is 0. The van der Waals surface area contributed by atoms with Crippen LogP contribution in [0.15, 0.2) is 36.4 Å². The van der Waals surface area contributed by atoms with Crippen LogP contribution >= 0.6 is 0 Å². The lowest BCUT2D eigenvalue weighted by Gasteiger charge is -2.28. The van der Waals surface area contributed by atoms with Crippen LogP contribution in [-0.4, -0.2) is 30.6 Å². The molecule has 2 fully saturated rings. The maximum Gasteiger partial charge on any atom is 0.126 e. The van der Waals surface area contributed by atoms with E-state index in [9.17, 15) is 0 Å². The zero-order valence-corrected chi connectivity index (χ0v) is 12.5. The van der Waals surface area contributed by atoms with Gasteiger partial charge in [-0.05, 0) is 36.3 Å². The quantitative estimate of drug-likeness (QED) is 0.940. The number of hydrogen-bond donors (Lipinski definition) is 1. The molecule has 2 unspecified atom stereocenters. The van der Waals surface area contributed by atoms with Gasteiger partial charge in [0.25, 0.3) is 0 Å². The van der Waals surface area contributed by atoms with E-state index in [-0.39, 0.29) is 6.04 Å². The topological polar surface area (TPSA) is 38.5 Å². The van der Waals surface area contributed by atoms with Crippen molar-refractivity contribution in [2.75, 3.05) is 13.7 Å². The smallest absolute Gasteiger partial charge is 0.126 e. The summed E-state index contributed by atoms with van der Waals surface area (Å²) in [6.07, 6.45) is 3.76. The van der Waals surface area contributed by atoms with Crippen molar-refractivity contribution in [2.45, 2.75) is 37.4 Å². The molecule has 0 aromatic heterocycles. The monoisotopic (exact) mass is 282 g/mol. The second-order valence-electron chi connectivity index (χ2n) is 6.27. The fourth-order valence-electron chi connectivity index (χ4n) is 3.80. The maximum absolute atomic E-state index is 6.46. The Morgan fingerprint density at radius 2 is 1.81 bits per heavy atom. The summed E-state index contributed by atoms with van der Waals surface area (Å²) in [7, 11) is 1.74. The van der Waals surface area contributed by atoms with Crippen LogP contribution in [0.1, 0.15) is 30.9 Å². The minimum Gasteiger partial charge on any atom is -0.496 e. The van der Waals surface area contributed by atoms with Crippen molar-refractivity contribution in [3.63, 3.8) is 0 Å². The Labute approximate surface area is 125 Å². The van der Waals surface area contributed by atoms with Crippen molar-refractivity contribution in [1.82, 2.24) is 4.90 Å². The third kappa shape index (κ3) is 2.12. The Balaban J connectivity index is 1.86. The number of benzene rings is 2. The third-order valence-corrected chi connectivity index (χ3v) is 4.96. The molecule has 1 saturated heterocycles. The zero-order chi connectivity index (χ0) is 14.4. The molecule has 2 aliphatic rings. The van der Waals surface area contributed by atoms with Crippen molar-refractivity contribution in [1.29, 1.82) is 0 Å². The van der Waals surface area contributed by atoms with Crippen molar-refractivity contribution in [2.24, 2.45) is 5.73 Å². The van der Waals surface area contributed by atoms with Crippen LogP contribution < -0.4 is 10.5 Å². The summed E-state index contributed by atoms with van der Waals surface area (Å²) in [5.41, 5.74) is 7.82. The van der Waals surface area contributed by atoms with E-state index >= 15 is 0 Å². The second-order valence-corrected chi connectivity index (χ2v) is 6.27. The van der Waals surface area contributed by atoms with Gasteiger partial charge in [0, 0.05) is 24.0 Å². The molecule has 1 aliphatic heterocycles. The molecule has 0 radical (unpaired) electrons. The molecule has 1 aliphatic carbocycles. The first kappa shape index (κ1) is 13.1. The number of ether oxygens (including phenoxy) is 1. The van der Waals surface area contributed by atoms with E-state index in [0.717, 1.165) is 24.8 Å². The van der Waals surface area contributed by atoms with Gasteiger partial charge in [-0.25, -0.2) is 0 Å². The van der Waals surface area contributed by atoms with E-state index < -0.39 is 0 Å². The van der Waals surface area contributed by atoms with E-state index in [2.05, 4.69) is 41.3 Å². The minimum atomic E-state index is 0.238. The first-order valence-electron chi connectivity index (χ1n) is 7.86. The van der Waals surface area contributed by atoms with Gasteiger partial charge in [0.05, 0.1) is 13.2 Å². The molecule has 110 valence electrons. The number of hydrogen-bond acceptors (Lipinski definition) is 3. The van der Waals surface area contributed by atoms with Gasteiger partial charge in [-0.3, -0.25) is 4.90 Å². The summed E-state index contributed by atoms with van der Waals surface area (Å²) in [6, 6.07) is 14.2. The summed E-state index contributed by atoms with van der Waals surface area (Å²) in [5.74, 6) is 0.943. The summed E-state index contributed by atoms with van der Waals surface area (Å²) in [6.45, 7) is 1.14. The summed E-state index contributed by atoms with van der Waals surface area (Å²) in [5, 5.41) is 2.47. The molecule has 21 heavy (non-hydrogen) atoms. The van der Waals surface area contributed by atoms with Crippen LogP contribution in [0.2, 0.25) is 0 Å². The molecule has 2 N–H and O–H groups in total. The number of nitrogens with two attached hydrogens (primary N) is 1. The average Bonchev–Trinajstić information content (AvgIpc) is 3.29. The SMILES string of the molecule is COc1ccc(C2C(N)CCN2C2CC2)c2ccccc12. The summed E-state index contributed by atoms with van der Waals surface area (Å²) < 4.78 is 5.51. The normalized spacial score (nSPS) is 26.4. The molecule has 0 bridgehead atoms. The van der Waals surface area contributed by atoms with Crippen LogP contribution in [0.25, 0.3) is 10.8 Å². The van der Waals surface area contributed by atoms with Crippen molar-refractivity contribution >= 4 is 10.8 Å². The van der Waals surface area contributed by atoms with Gasteiger partial charge in [-0.15, -0.1) is 0 Å². The predicted molar refractivity (Wildman–Crippen MR) is 85.6 cm³/mol. The highest BCUT2D eigenvalue weighted by molar-refractivity contribution is 5.91. The molecule has 2 atom stereocenters. The van der Waals surface area contributed by atoms with Crippen molar-refractivity contribution < 1.29 is 4.74 Å². The minimum absolute atomic E-state index is 0.238. The molecule has 3 nitrogen and oxygen atoms in total. The molecule has 1 heterocycles. The first-order valence-corrected chi connectivity index (χ1v) is 7.86. The van der Waals surface area contributed by atoms with E-state index in [1.807, 2.05) is 0 Å². The number of likely N-dealkylation sites (tertiary alicyclic amines) is 1. The predicted octanol–water partition coefficient (Wildman–Crippen LogP) is 3.08.